The van der Waals surface area contributed by atoms with Gasteiger partial charge in [0, 0.05) is 42.6 Å². The van der Waals surface area contributed by atoms with Gasteiger partial charge in [0.05, 0.1) is 6.61 Å². The highest BCUT2D eigenvalue weighted by atomic mass is 16.5. The Balaban J connectivity index is 1.40. The highest BCUT2D eigenvalue weighted by molar-refractivity contribution is 5.81. The third-order valence-corrected chi connectivity index (χ3v) is 5.75. The van der Waals surface area contributed by atoms with Crippen LogP contribution in [0.25, 0.3) is 0 Å². The zero-order valence-electron chi connectivity index (χ0n) is 16.0. The van der Waals surface area contributed by atoms with E-state index in [1.165, 1.54) is 11.3 Å². The normalized spacial score (nSPS) is 23.8. The summed E-state index contributed by atoms with van der Waals surface area (Å²) in [6.07, 6.45) is 4.74. The number of aromatic nitrogens is 1. The van der Waals surface area contributed by atoms with Crippen LogP contribution >= 0.6 is 0 Å². The van der Waals surface area contributed by atoms with E-state index in [4.69, 9.17) is 4.74 Å². The van der Waals surface area contributed by atoms with Crippen molar-refractivity contribution in [3.63, 3.8) is 0 Å². The number of hydrogen-bond donors (Lipinski definition) is 1. The van der Waals surface area contributed by atoms with E-state index >= 15 is 0 Å². The largest absolute Gasteiger partial charge is 0.368 e. The minimum absolute atomic E-state index is 0.00348. The molecule has 0 aliphatic carbocycles. The number of nitrogens with zero attached hydrogens (tertiary/aromatic N) is 2. The molecule has 2 atom stereocenters. The average Bonchev–Trinajstić information content (AvgIpc) is 3.26. The first-order chi connectivity index (χ1) is 13.1. The minimum Gasteiger partial charge on any atom is -0.368 e. The van der Waals surface area contributed by atoms with Gasteiger partial charge in [0.25, 0.3) is 0 Å². The second-order valence-electron chi connectivity index (χ2n) is 7.93. The van der Waals surface area contributed by atoms with Gasteiger partial charge in [-0.3, -0.25) is 9.78 Å². The van der Waals surface area contributed by atoms with Gasteiger partial charge in [-0.25, -0.2) is 0 Å². The maximum absolute atomic E-state index is 12.6. The van der Waals surface area contributed by atoms with Crippen LogP contribution in [0.2, 0.25) is 0 Å². The van der Waals surface area contributed by atoms with Crippen molar-refractivity contribution in [1.29, 1.82) is 0 Å². The Morgan fingerprint density at radius 1 is 1.33 bits per heavy atom. The lowest BCUT2D eigenvalue weighted by atomic mass is 9.80. The molecule has 1 spiro atoms. The minimum atomic E-state index is -0.376. The number of para-hydroxylation sites is 1. The van der Waals surface area contributed by atoms with Crippen molar-refractivity contribution in [2.24, 2.45) is 0 Å². The Bertz CT molecular complexity index is 808. The van der Waals surface area contributed by atoms with Gasteiger partial charge in [0.15, 0.2) is 0 Å². The number of hydrogen-bond acceptors (Lipinski definition) is 4. The monoisotopic (exact) mass is 365 g/mol. The van der Waals surface area contributed by atoms with Gasteiger partial charge in [-0.1, -0.05) is 24.3 Å². The lowest BCUT2D eigenvalue weighted by Crippen LogP contribution is -2.39. The molecule has 1 aromatic heterocycles. The van der Waals surface area contributed by atoms with Crippen molar-refractivity contribution in [3.8, 4) is 0 Å². The molecular formula is C22H27N3O2. The molecule has 5 nitrogen and oxygen atoms in total. The van der Waals surface area contributed by atoms with Gasteiger partial charge < -0.3 is 15.0 Å². The fourth-order valence-corrected chi connectivity index (χ4v) is 4.32. The van der Waals surface area contributed by atoms with Crippen LogP contribution in [0.15, 0.2) is 48.8 Å². The number of amides is 1. The molecule has 3 heterocycles. The first-order valence-electron chi connectivity index (χ1n) is 9.73. The molecule has 5 heteroatoms. The summed E-state index contributed by atoms with van der Waals surface area (Å²) < 4.78 is 5.99. The number of fused-ring (bicyclic) bond motifs is 2. The van der Waals surface area contributed by atoms with Gasteiger partial charge in [0.1, 0.15) is 6.10 Å². The van der Waals surface area contributed by atoms with Crippen molar-refractivity contribution in [2.45, 2.75) is 44.2 Å². The summed E-state index contributed by atoms with van der Waals surface area (Å²) in [6.45, 7) is 6.56. The van der Waals surface area contributed by atoms with Crippen molar-refractivity contribution < 1.29 is 9.53 Å². The van der Waals surface area contributed by atoms with E-state index in [-0.39, 0.29) is 17.4 Å². The van der Waals surface area contributed by atoms with Crippen molar-refractivity contribution in [2.75, 3.05) is 24.6 Å². The number of carbonyl (C=O) groups excluding carboxylic acids is 1. The van der Waals surface area contributed by atoms with Gasteiger partial charge in [-0.15, -0.1) is 0 Å². The molecule has 1 saturated heterocycles. The topological polar surface area (TPSA) is 54.5 Å². The summed E-state index contributed by atoms with van der Waals surface area (Å²) in [7, 11) is 0. The molecule has 0 radical (unpaired) electrons. The number of ether oxygens (including phenoxy) is 1. The molecule has 0 saturated carbocycles. The molecule has 142 valence electrons. The molecule has 0 bridgehead atoms. The molecule has 1 amide bonds. The Morgan fingerprint density at radius 2 is 2.19 bits per heavy atom. The molecule has 1 aromatic carbocycles. The predicted octanol–water partition coefficient (Wildman–Crippen LogP) is 2.70. The van der Waals surface area contributed by atoms with Crippen LogP contribution in [0.3, 0.4) is 0 Å². The Morgan fingerprint density at radius 3 is 2.96 bits per heavy atom. The number of pyridine rings is 1. The van der Waals surface area contributed by atoms with Crippen molar-refractivity contribution >= 4 is 11.6 Å². The third kappa shape index (κ3) is 3.44. The lowest BCUT2D eigenvalue weighted by Gasteiger charge is -2.27. The average molecular weight is 365 g/mol. The second-order valence-corrected chi connectivity index (χ2v) is 7.93. The van der Waals surface area contributed by atoms with E-state index < -0.39 is 0 Å². The van der Waals surface area contributed by atoms with Crippen LogP contribution in [-0.4, -0.2) is 42.7 Å². The molecule has 4 rings (SSSR count). The Hall–Kier alpha value is -2.40. The zero-order valence-corrected chi connectivity index (χ0v) is 16.0. The van der Waals surface area contributed by atoms with Gasteiger partial charge in [-0.2, -0.15) is 0 Å². The Labute approximate surface area is 160 Å². The SMILES string of the molecule is CC(C)N1C[C@]2(CO[C@H](C(=O)NCCc3cccnc3)C2)c2ccccc21. The first kappa shape index (κ1) is 18.0. The summed E-state index contributed by atoms with van der Waals surface area (Å²) >= 11 is 0. The van der Waals surface area contributed by atoms with E-state index in [2.05, 4.69) is 53.3 Å². The van der Waals surface area contributed by atoms with Crippen molar-refractivity contribution in [3.05, 3.63) is 59.9 Å². The van der Waals surface area contributed by atoms with Crippen LogP contribution in [0.5, 0.6) is 0 Å². The predicted molar refractivity (Wildman–Crippen MR) is 106 cm³/mol. The summed E-state index contributed by atoms with van der Waals surface area (Å²) in [4.78, 5) is 19.2. The molecule has 2 aromatic rings. The number of benzene rings is 1. The molecule has 1 fully saturated rings. The Kier molecular flexibility index (Phi) is 4.87. The van der Waals surface area contributed by atoms with Crippen LogP contribution in [-0.2, 0) is 21.4 Å². The first-order valence-corrected chi connectivity index (χ1v) is 9.73. The van der Waals surface area contributed by atoms with E-state index in [1.807, 2.05) is 18.3 Å². The highest BCUT2D eigenvalue weighted by Crippen LogP contribution is 2.47. The maximum Gasteiger partial charge on any atom is 0.249 e. The van der Waals surface area contributed by atoms with Crippen LogP contribution in [0, 0.1) is 0 Å². The van der Waals surface area contributed by atoms with Crippen LogP contribution < -0.4 is 10.2 Å². The number of carbonyl (C=O) groups is 1. The van der Waals surface area contributed by atoms with Gasteiger partial charge >= 0.3 is 0 Å². The van der Waals surface area contributed by atoms with E-state index in [9.17, 15) is 4.79 Å². The van der Waals surface area contributed by atoms with Crippen molar-refractivity contribution in [1.82, 2.24) is 10.3 Å². The van der Waals surface area contributed by atoms with E-state index in [0.29, 0.717) is 19.2 Å². The number of rotatable bonds is 5. The van der Waals surface area contributed by atoms with Gasteiger partial charge in [0.2, 0.25) is 5.91 Å². The van der Waals surface area contributed by atoms with E-state index in [1.54, 1.807) is 6.20 Å². The summed E-state index contributed by atoms with van der Waals surface area (Å²) in [5.74, 6) is -0.00348. The molecular weight excluding hydrogens is 338 g/mol. The number of nitrogens with one attached hydrogen (secondary N) is 1. The molecule has 2 aliphatic rings. The fourth-order valence-electron chi connectivity index (χ4n) is 4.32. The molecule has 1 N–H and O–H groups in total. The fraction of sp³-hybridized carbons (Fsp3) is 0.455. The van der Waals surface area contributed by atoms with Gasteiger partial charge in [-0.05, 0) is 49.9 Å². The maximum atomic E-state index is 12.6. The quantitative estimate of drug-likeness (QED) is 0.885. The number of anilines is 1. The van der Waals surface area contributed by atoms with E-state index in [0.717, 1.165) is 24.9 Å². The summed E-state index contributed by atoms with van der Waals surface area (Å²) in [6, 6.07) is 12.9. The van der Waals surface area contributed by atoms with Crippen LogP contribution in [0.4, 0.5) is 5.69 Å². The molecule has 27 heavy (non-hydrogen) atoms. The molecule has 2 aliphatic heterocycles. The second kappa shape index (κ2) is 7.31. The summed E-state index contributed by atoms with van der Waals surface area (Å²) in [5.41, 5.74) is 3.66. The zero-order chi connectivity index (χ0) is 18.9. The lowest BCUT2D eigenvalue weighted by molar-refractivity contribution is -0.129. The highest BCUT2D eigenvalue weighted by Gasteiger charge is 2.50. The summed E-state index contributed by atoms with van der Waals surface area (Å²) in [5, 5.41) is 3.03. The standard InChI is InChI=1S/C22H27N3O2/c1-16(2)25-14-22(18-7-3-4-8-19(18)25)12-20(27-15-22)21(26)24-11-9-17-6-5-10-23-13-17/h3-8,10,13,16,20H,9,11-12,14-15H2,1-2H3,(H,24,26)/t20-,22+/m0/s1. The smallest absolute Gasteiger partial charge is 0.249 e. The molecule has 0 unspecified atom stereocenters. The van der Waals surface area contributed by atoms with Crippen LogP contribution in [0.1, 0.15) is 31.4 Å². The third-order valence-electron chi connectivity index (χ3n) is 5.75.